The van der Waals surface area contributed by atoms with Gasteiger partial charge >= 0.3 is 0 Å². The first-order valence-corrected chi connectivity index (χ1v) is 9.89. The van der Waals surface area contributed by atoms with Crippen LogP contribution in [0.15, 0.2) is 52.0 Å². The predicted molar refractivity (Wildman–Crippen MR) is 103 cm³/mol. The highest BCUT2D eigenvalue weighted by molar-refractivity contribution is 7.92. The van der Waals surface area contributed by atoms with Gasteiger partial charge < -0.3 is 4.42 Å². The highest BCUT2D eigenvalue weighted by Gasteiger charge is 2.19. The topological polar surface area (TPSA) is 120 Å². The second kappa shape index (κ2) is 7.55. The Morgan fingerprint density at radius 1 is 1.11 bits per heavy atom. The largest absolute Gasteiger partial charge is 0.448 e. The summed E-state index contributed by atoms with van der Waals surface area (Å²) in [6.07, 6.45) is 0.593. The van der Waals surface area contributed by atoms with E-state index in [-0.39, 0.29) is 16.3 Å². The molecule has 0 aliphatic carbocycles. The van der Waals surface area contributed by atoms with E-state index in [0.29, 0.717) is 29.1 Å². The van der Waals surface area contributed by atoms with Crippen LogP contribution < -0.4 is 4.72 Å². The van der Waals surface area contributed by atoms with E-state index in [1.807, 2.05) is 32.1 Å². The van der Waals surface area contributed by atoms with Gasteiger partial charge in [0, 0.05) is 17.7 Å². The van der Waals surface area contributed by atoms with Crippen molar-refractivity contribution in [3.8, 4) is 23.4 Å². The average molecular weight is 392 g/mol. The van der Waals surface area contributed by atoms with Crippen LogP contribution in [0.25, 0.3) is 11.3 Å². The maximum absolute atomic E-state index is 12.6. The number of nitrogens with one attached hydrogen (secondary N) is 1. The molecule has 3 rings (SSSR count). The summed E-state index contributed by atoms with van der Waals surface area (Å²) in [5, 5.41) is 18.0. The molecule has 3 aromatic rings. The van der Waals surface area contributed by atoms with Gasteiger partial charge in [-0.25, -0.2) is 4.98 Å². The third-order valence-electron chi connectivity index (χ3n) is 4.00. The molecule has 2 aromatic heterocycles. The quantitative estimate of drug-likeness (QED) is 0.706. The van der Waals surface area contributed by atoms with Crippen molar-refractivity contribution in [3.63, 3.8) is 0 Å². The molecule has 140 valence electrons. The molecule has 0 unspecified atom stereocenters. The number of hydrogen-bond donors (Lipinski definition) is 1. The van der Waals surface area contributed by atoms with E-state index in [2.05, 4.69) is 9.71 Å². The lowest BCUT2D eigenvalue weighted by Gasteiger charge is -2.10. The van der Waals surface area contributed by atoms with Crippen molar-refractivity contribution in [3.05, 3.63) is 65.0 Å². The van der Waals surface area contributed by atoms with Gasteiger partial charge in [0.25, 0.3) is 10.0 Å². The highest BCUT2D eigenvalue weighted by Crippen LogP contribution is 2.26. The van der Waals surface area contributed by atoms with Crippen LogP contribution in [0.1, 0.15) is 29.5 Å². The number of anilines is 1. The number of sulfonamides is 1. The third kappa shape index (κ3) is 3.88. The van der Waals surface area contributed by atoms with Crippen LogP contribution in [0, 0.1) is 29.6 Å². The molecule has 7 nitrogen and oxygen atoms in total. The Morgan fingerprint density at radius 2 is 1.89 bits per heavy atom. The number of furan rings is 1. The van der Waals surface area contributed by atoms with Gasteiger partial charge in [-0.05, 0) is 55.0 Å². The van der Waals surface area contributed by atoms with Crippen molar-refractivity contribution in [1.29, 1.82) is 10.5 Å². The zero-order chi connectivity index (χ0) is 20.3. The fraction of sp³-hybridized carbons (Fsp3) is 0.150. The lowest BCUT2D eigenvalue weighted by atomic mass is 10.1. The maximum Gasteiger partial charge on any atom is 0.295 e. The van der Waals surface area contributed by atoms with Gasteiger partial charge in [0.2, 0.25) is 5.09 Å². The lowest BCUT2D eigenvalue weighted by molar-refractivity contribution is 0.419. The number of benzene rings is 1. The summed E-state index contributed by atoms with van der Waals surface area (Å²) in [4.78, 5) is 4.20. The number of aromatic nitrogens is 1. The molecule has 0 spiro atoms. The van der Waals surface area contributed by atoms with Crippen molar-refractivity contribution >= 4 is 15.7 Å². The molecule has 0 aliphatic heterocycles. The normalized spacial score (nSPS) is 10.9. The van der Waals surface area contributed by atoms with Gasteiger partial charge in [0.05, 0.1) is 11.3 Å². The van der Waals surface area contributed by atoms with E-state index in [4.69, 9.17) is 14.9 Å². The minimum Gasteiger partial charge on any atom is -0.448 e. The van der Waals surface area contributed by atoms with Crippen molar-refractivity contribution in [2.75, 3.05) is 4.72 Å². The molecule has 28 heavy (non-hydrogen) atoms. The van der Waals surface area contributed by atoms with E-state index < -0.39 is 10.0 Å². The Kier molecular flexibility index (Phi) is 5.16. The van der Waals surface area contributed by atoms with Crippen LogP contribution in [0.3, 0.4) is 0 Å². The summed E-state index contributed by atoms with van der Waals surface area (Å²) in [7, 11) is -3.87. The predicted octanol–water partition coefficient (Wildman–Crippen LogP) is 3.76. The van der Waals surface area contributed by atoms with E-state index in [1.165, 1.54) is 12.1 Å². The lowest BCUT2D eigenvalue weighted by Crippen LogP contribution is -2.12. The number of nitrogens with zero attached hydrogens (tertiary/aromatic N) is 3. The van der Waals surface area contributed by atoms with Crippen molar-refractivity contribution in [1.82, 2.24) is 4.98 Å². The van der Waals surface area contributed by atoms with E-state index in [1.54, 1.807) is 24.3 Å². The first-order chi connectivity index (χ1) is 13.4. The summed E-state index contributed by atoms with van der Waals surface area (Å²) in [6.45, 7) is 3.69. The Morgan fingerprint density at radius 3 is 2.54 bits per heavy atom. The number of rotatable bonds is 5. The number of hydrogen-bond acceptors (Lipinski definition) is 6. The Labute approximate surface area is 162 Å². The van der Waals surface area contributed by atoms with Gasteiger partial charge in [-0.2, -0.15) is 18.9 Å². The fourth-order valence-electron chi connectivity index (χ4n) is 2.68. The van der Waals surface area contributed by atoms with Crippen LogP contribution >= 0.6 is 0 Å². The smallest absolute Gasteiger partial charge is 0.295 e. The molecule has 0 fully saturated rings. The SMILES string of the molecule is CCc1ccc(S(=O)(=O)Nc2cc(C)cc(-c3ccc(C#N)c(C#N)n3)c2)o1. The number of aryl methyl sites for hydroxylation is 2. The van der Waals surface area contributed by atoms with Crippen molar-refractivity contribution in [2.24, 2.45) is 0 Å². The van der Waals surface area contributed by atoms with Crippen LogP contribution in [0.4, 0.5) is 5.69 Å². The summed E-state index contributed by atoms with van der Waals surface area (Å²) < 4.78 is 33.0. The Balaban J connectivity index is 1.98. The zero-order valence-electron chi connectivity index (χ0n) is 15.2. The number of pyridine rings is 1. The minimum atomic E-state index is -3.87. The van der Waals surface area contributed by atoms with Gasteiger partial charge in [-0.3, -0.25) is 4.72 Å². The van der Waals surface area contributed by atoms with Gasteiger partial charge in [-0.15, -0.1) is 0 Å². The van der Waals surface area contributed by atoms with Crippen LogP contribution in [-0.4, -0.2) is 13.4 Å². The second-order valence-electron chi connectivity index (χ2n) is 6.08. The number of nitriles is 2. The minimum absolute atomic E-state index is 0.0197. The molecule has 0 aliphatic rings. The summed E-state index contributed by atoms with van der Waals surface area (Å²) in [6, 6.07) is 15.1. The molecule has 1 aromatic carbocycles. The Hall–Kier alpha value is -3.62. The van der Waals surface area contributed by atoms with Crippen LogP contribution in [-0.2, 0) is 16.4 Å². The molecule has 0 saturated carbocycles. The summed E-state index contributed by atoms with van der Waals surface area (Å²) in [5.41, 5.74) is 2.43. The molecular weight excluding hydrogens is 376 g/mol. The van der Waals surface area contributed by atoms with Gasteiger partial charge in [0.15, 0.2) is 5.69 Å². The molecule has 0 bridgehead atoms. The third-order valence-corrected chi connectivity index (χ3v) is 5.25. The van der Waals surface area contributed by atoms with Gasteiger partial charge in [0.1, 0.15) is 17.9 Å². The molecule has 0 radical (unpaired) electrons. The van der Waals surface area contributed by atoms with E-state index in [9.17, 15) is 8.42 Å². The van der Waals surface area contributed by atoms with E-state index in [0.717, 1.165) is 5.56 Å². The Bertz CT molecular complexity index is 1230. The first-order valence-electron chi connectivity index (χ1n) is 8.41. The molecule has 0 atom stereocenters. The van der Waals surface area contributed by atoms with E-state index >= 15 is 0 Å². The van der Waals surface area contributed by atoms with Crippen LogP contribution in [0.2, 0.25) is 0 Å². The molecule has 8 heteroatoms. The van der Waals surface area contributed by atoms with Crippen molar-refractivity contribution in [2.45, 2.75) is 25.4 Å². The monoisotopic (exact) mass is 392 g/mol. The molecule has 1 N–H and O–H groups in total. The fourth-order valence-corrected chi connectivity index (χ4v) is 3.68. The summed E-state index contributed by atoms with van der Waals surface area (Å²) >= 11 is 0. The highest BCUT2D eigenvalue weighted by atomic mass is 32.2. The molecule has 2 heterocycles. The average Bonchev–Trinajstić information content (AvgIpc) is 3.17. The van der Waals surface area contributed by atoms with Crippen molar-refractivity contribution < 1.29 is 12.8 Å². The van der Waals surface area contributed by atoms with Crippen LogP contribution in [0.5, 0.6) is 0 Å². The molecular formula is C20H16N4O3S. The standard InChI is InChI=1S/C20H16N4O3S/c1-3-17-5-7-20(27-17)28(25,26)24-16-9-13(2)8-15(10-16)18-6-4-14(11-21)19(12-22)23-18/h4-10,24H,3H2,1-2H3. The molecule has 0 saturated heterocycles. The summed E-state index contributed by atoms with van der Waals surface area (Å²) in [5.74, 6) is 0.580. The maximum atomic E-state index is 12.6. The van der Waals surface area contributed by atoms with Gasteiger partial charge in [-0.1, -0.05) is 6.92 Å². The first kappa shape index (κ1) is 19.2. The zero-order valence-corrected chi connectivity index (χ0v) is 16.0. The second-order valence-corrected chi connectivity index (χ2v) is 7.70. The molecule has 0 amide bonds.